The molecule has 0 spiro atoms. The summed E-state index contributed by atoms with van der Waals surface area (Å²) >= 11 is 0. The fraction of sp³-hybridized carbons (Fsp3) is 0.556. The van der Waals surface area contributed by atoms with Crippen molar-refractivity contribution in [2.75, 3.05) is 0 Å². The minimum Gasteiger partial charge on any atom is -0.102 e. The lowest BCUT2D eigenvalue weighted by Crippen LogP contribution is -2.05. The summed E-state index contributed by atoms with van der Waals surface area (Å²) in [5.74, 6) is 1.51. The van der Waals surface area contributed by atoms with Gasteiger partial charge in [-0.3, -0.25) is 0 Å². The van der Waals surface area contributed by atoms with Crippen molar-refractivity contribution < 1.29 is 0 Å². The summed E-state index contributed by atoms with van der Waals surface area (Å²) in [4.78, 5) is 0. The van der Waals surface area contributed by atoms with Crippen LogP contribution in [0.15, 0.2) is 24.8 Å². The van der Waals surface area contributed by atoms with E-state index in [1.54, 1.807) is 0 Å². The van der Waals surface area contributed by atoms with Crippen molar-refractivity contribution in [2.24, 2.45) is 11.8 Å². The molecule has 2 unspecified atom stereocenters. The monoisotopic (exact) mass is 122 g/mol. The summed E-state index contributed by atoms with van der Waals surface area (Å²) in [7, 11) is 0. The third-order valence-corrected chi connectivity index (χ3v) is 1.90. The molecular weight excluding hydrogens is 108 g/mol. The second kappa shape index (κ2) is 2.86. The van der Waals surface area contributed by atoms with Gasteiger partial charge in [-0.15, -0.1) is 6.58 Å². The first-order valence-electron chi connectivity index (χ1n) is 3.62. The van der Waals surface area contributed by atoms with E-state index in [0.717, 1.165) is 5.92 Å². The van der Waals surface area contributed by atoms with E-state index in [9.17, 15) is 0 Å². The highest BCUT2D eigenvalue weighted by molar-refractivity contribution is 5.01. The lowest BCUT2D eigenvalue weighted by Gasteiger charge is -2.17. The molecule has 0 heteroatoms. The molecule has 1 aliphatic carbocycles. The van der Waals surface area contributed by atoms with Crippen molar-refractivity contribution in [3.63, 3.8) is 0 Å². The van der Waals surface area contributed by atoms with Crippen molar-refractivity contribution in [3.8, 4) is 0 Å². The normalized spacial score (nSPS) is 34.3. The van der Waals surface area contributed by atoms with Crippen LogP contribution in [-0.4, -0.2) is 0 Å². The molecule has 0 radical (unpaired) electrons. The summed E-state index contributed by atoms with van der Waals surface area (Å²) in [6.07, 6.45) is 9.10. The highest BCUT2D eigenvalue weighted by Gasteiger charge is 2.09. The number of hydrogen-bond donors (Lipinski definition) is 0. The third-order valence-electron chi connectivity index (χ3n) is 1.90. The molecule has 9 heavy (non-hydrogen) atoms. The lowest BCUT2D eigenvalue weighted by atomic mass is 9.88. The first-order chi connectivity index (χ1) is 4.33. The summed E-state index contributed by atoms with van der Waals surface area (Å²) in [6, 6.07) is 0. The van der Waals surface area contributed by atoms with Gasteiger partial charge >= 0.3 is 0 Å². The average molecular weight is 122 g/mol. The Balaban J connectivity index is 2.48. The molecule has 0 fully saturated rings. The fourth-order valence-electron chi connectivity index (χ4n) is 1.30. The van der Waals surface area contributed by atoms with Gasteiger partial charge in [0.15, 0.2) is 0 Å². The summed E-state index contributed by atoms with van der Waals surface area (Å²) in [6.45, 7) is 6.06. The summed E-state index contributed by atoms with van der Waals surface area (Å²) < 4.78 is 0. The minimum atomic E-state index is 0.647. The summed E-state index contributed by atoms with van der Waals surface area (Å²) in [5.41, 5.74) is 0. The van der Waals surface area contributed by atoms with Crippen molar-refractivity contribution >= 4 is 0 Å². The molecular formula is C9H14. The molecule has 0 amide bonds. The molecule has 2 atom stereocenters. The van der Waals surface area contributed by atoms with E-state index in [4.69, 9.17) is 0 Å². The molecule has 0 aliphatic heterocycles. The zero-order valence-corrected chi connectivity index (χ0v) is 6.01. The molecule has 0 nitrogen and oxygen atoms in total. The lowest BCUT2D eigenvalue weighted by molar-refractivity contribution is 0.474. The van der Waals surface area contributed by atoms with Crippen LogP contribution in [0.3, 0.4) is 0 Å². The fourth-order valence-corrected chi connectivity index (χ4v) is 1.30. The Hall–Kier alpha value is -0.520. The topological polar surface area (TPSA) is 0 Å². The van der Waals surface area contributed by atoms with E-state index in [2.05, 4.69) is 25.7 Å². The Labute approximate surface area is 57.3 Å². The molecule has 0 bridgehead atoms. The summed E-state index contributed by atoms with van der Waals surface area (Å²) in [5, 5.41) is 0. The third kappa shape index (κ3) is 1.70. The van der Waals surface area contributed by atoms with Crippen molar-refractivity contribution in [2.45, 2.75) is 19.8 Å². The van der Waals surface area contributed by atoms with Crippen LogP contribution in [0, 0.1) is 11.8 Å². The van der Waals surface area contributed by atoms with Gasteiger partial charge in [0, 0.05) is 0 Å². The Kier molecular flexibility index (Phi) is 2.10. The zero-order chi connectivity index (χ0) is 6.69. The Morgan fingerprint density at radius 1 is 1.67 bits per heavy atom. The Morgan fingerprint density at radius 2 is 2.44 bits per heavy atom. The highest BCUT2D eigenvalue weighted by Crippen LogP contribution is 2.22. The van der Waals surface area contributed by atoms with Crippen LogP contribution < -0.4 is 0 Å². The number of hydrogen-bond acceptors (Lipinski definition) is 0. The van der Waals surface area contributed by atoms with E-state index in [-0.39, 0.29) is 0 Å². The molecule has 0 aromatic carbocycles. The van der Waals surface area contributed by atoms with Crippen LogP contribution in [0.25, 0.3) is 0 Å². The number of rotatable bonds is 1. The predicted molar refractivity (Wildman–Crippen MR) is 41.2 cm³/mol. The average Bonchev–Trinajstić information content (AvgIpc) is 1.88. The van der Waals surface area contributed by atoms with Crippen molar-refractivity contribution in [1.82, 2.24) is 0 Å². The van der Waals surface area contributed by atoms with E-state index >= 15 is 0 Å². The van der Waals surface area contributed by atoms with Gasteiger partial charge < -0.3 is 0 Å². The first-order valence-corrected chi connectivity index (χ1v) is 3.62. The molecule has 0 aromatic heterocycles. The van der Waals surface area contributed by atoms with Crippen molar-refractivity contribution in [3.05, 3.63) is 24.8 Å². The maximum absolute atomic E-state index is 3.77. The number of allylic oxidation sites excluding steroid dienone is 3. The molecule has 1 aliphatic rings. The van der Waals surface area contributed by atoms with Crippen LogP contribution in [-0.2, 0) is 0 Å². The molecule has 0 saturated heterocycles. The highest BCUT2D eigenvalue weighted by atomic mass is 14.1. The minimum absolute atomic E-state index is 0.647. The Morgan fingerprint density at radius 3 is 2.89 bits per heavy atom. The van der Waals surface area contributed by atoms with Crippen LogP contribution in [0.4, 0.5) is 0 Å². The van der Waals surface area contributed by atoms with Crippen LogP contribution in [0.2, 0.25) is 0 Å². The van der Waals surface area contributed by atoms with Crippen LogP contribution in [0.5, 0.6) is 0 Å². The van der Waals surface area contributed by atoms with Gasteiger partial charge in [-0.05, 0) is 24.7 Å². The smallest absolute Gasteiger partial charge is 0.00535 e. The molecule has 0 aromatic rings. The first kappa shape index (κ1) is 6.60. The Bertz CT molecular complexity index is 122. The largest absolute Gasteiger partial charge is 0.102 e. The predicted octanol–water partition coefficient (Wildman–Crippen LogP) is 2.77. The van der Waals surface area contributed by atoms with E-state index in [1.807, 2.05) is 6.08 Å². The zero-order valence-electron chi connectivity index (χ0n) is 6.01. The van der Waals surface area contributed by atoms with Gasteiger partial charge in [-0.1, -0.05) is 25.2 Å². The molecule has 0 saturated carbocycles. The van der Waals surface area contributed by atoms with Crippen molar-refractivity contribution in [1.29, 1.82) is 0 Å². The van der Waals surface area contributed by atoms with Crippen LogP contribution in [0.1, 0.15) is 19.8 Å². The van der Waals surface area contributed by atoms with E-state index in [0.29, 0.717) is 5.92 Å². The maximum atomic E-state index is 3.77. The van der Waals surface area contributed by atoms with Gasteiger partial charge in [0.25, 0.3) is 0 Å². The standard InChI is InChI=1S/C9H14/c1-3-9-6-4-5-8(2)7-9/h3-4,6,8-9H,1,5,7H2,2H3. The molecule has 0 N–H and O–H groups in total. The second-order valence-electron chi connectivity index (χ2n) is 2.90. The molecule has 50 valence electrons. The van der Waals surface area contributed by atoms with Gasteiger partial charge in [-0.2, -0.15) is 0 Å². The van der Waals surface area contributed by atoms with Gasteiger partial charge in [0.05, 0.1) is 0 Å². The van der Waals surface area contributed by atoms with Gasteiger partial charge in [0.2, 0.25) is 0 Å². The molecule has 1 rings (SSSR count). The molecule has 0 heterocycles. The van der Waals surface area contributed by atoms with Gasteiger partial charge in [0.1, 0.15) is 0 Å². The second-order valence-corrected chi connectivity index (χ2v) is 2.90. The quantitative estimate of drug-likeness (QED) is 0.469. The van der Waals surface area contributed by atoms with E-state index in [1.165, 1.54) is 12.8 Å². The SMILES string of the molecule is C=CC1C=CCC(C)C1. The van der Waals surface area contributed by atoms with Gasteiger partial charge in [-0.25, -0.2) is 0 Å². The van der Waals surface area contributed by atoms with E-state index < -0.39 is 0 Å². The van der Waals surface area contributed by atoms with Crippen LogP contribution >= 0.6 is 0 Å². The maximum Gasteiger partial charge on any atom is -0.00535 e.